The van der Waals surface area contributed by atoms with Gasteiger partial charge in [-0.25, -0.2) is 4.79 Å². The average molecular weight is 485 g/mol. The lowest BCUT2D eigenvalue weighted by molar-refractivity contribution is -0.124. The number of carboxylic acid groups (broad SMARTS) is 1. The molecular weight excluding hydrogens is 448 g/mol. The molecule has 2 aliphatic rings. The largest absolute Gasteiger partial charge is 0.489 e. The van der Waals surface area contributed by atoms with E-state index in [-0.39, 0.29) is 34.3 Å². The summed E-state index contributed by atoms with van der Waals surface area (Å²) in [4.78, 5) is 33.3. The van der Waals surface area contributed by atoms with Crippen molar-refractivity contribution in [2.45, 2.75) is 84.8 Å². The van der Waals surface area contributed by atoms with Gasteiger partial charge in [-0.15, -0.1) is 11.3 Å². The Morgan fingerprint density at radius 1 is 1.21 bits per heavy atom. The molecule has 2 fully saturated rings. The fourth-order valence-electron chi connectivity index (χ4n) is 5.03. The SMILES string of the molecule is CC(C)(C)Cc1cc(N(C(=O)[C@H]2CC[C@H](C)CC2)[C@H]2C[C@@H](Oc3cccnc3)C2)c(C(=O)O)s1. The summed E-state index contributed by atoms with van der Waals surface area (Å²) in [6.45, 7) is 8.67. The number of aromatic nitrogens is 1. The minimum Gasteiger partial charge on any atom is -0.489 e. The van der Waals surface area contributed by atoms with E-state index in [1.807, 2.05) is 23.1 Å². The van der Waals surface area contributed by atoms with Crippen LogP contribution >= 0.6 is 11.3 Å². The minimum atomic E-state index is -0.960. The zero-order valence-electron chi connectivity index (χ0n) is 20.6. The number of rotatable bonds is 7. The summed E-state index contributed by atoms with van der Waals surface area (Å²) in [7, 11) is 0. The molecule has 1 amide bonds. The Morgan fingerprint density at radius 2 is 1.91 bits per heavy atom. The number of thiophene rings is 1. The highest BCUT2D eigenvalue weighted by atomic mass is 32.1. The summed E-state index contributed by atoms with van der Waals surface area (Å²) in [5.41, 5.74) is 0.607. The van der Waals surface area contributed by atoms with E-state index in [0.717, 1.165) is 42.7 Å². The van der Waals surface area contributed by atoms with Gasteiger partial charge in [0.2, 0.25) is 5.91 Å². The van der Waals surface area contributed by atoms with Crippen molar-refractivity contribution >= 4 is 28.9 Å². The van der Waals surface area contributed by atoms with Gasteiger partial charge in [-0.3, -0.25) is 9.78 Å². The number of carboxylic acids is 1. The third-order valence-corrected chi connectivity index (χ3v) is 8.01. The van der Waals surface area contributed by atoms with Crippen molar-refractivity contribution in [1.29, 1.82) is 0 Å². The van der Waals surface area contributed by atoms with Gasteiger partial charge in [-0.1, -0.05) is 27.7 Å². The molecule has 7 heteroatoms. The molecule has 2 saturated carbocycles. The number of carbonyl (C=O) groups excluding carboxylic acids is 1. The van der Waals surface area contributed by atoms with Crippen molar-refractivity contribution in [3.05, 3.63) is 40.3 Å². The van der Waals surface area contributed by atoms with E-state index in [0.29, 0.717) is 24.4 Å². The fraction of sp³-hybridized carbons (Fsp3) is 0.593. The maximum Gasteiger partial charge on any atom is 0.348 e. The van der Waals surface area contributed by atoms with Crippen molar-refractivity contribution in [2.24, 2.45) is 17.3 Å². The molecule has 0 unspecified atom stereocenters. The fourth-order valence-corrected chi connectivity index (χ4v) is 6.31. The molecule has 2 aromatic heterocycles. The first kappa shape index (κ1) is 24.7. The molecule has 0 bridgehead atoms. The molecule has 1 N–H and O–H groups in total. The van der Waals surface area contributed by atoms with Crippen LogP contribution in [0.3, 0.4) is 0 Å². The summed E-state index contributed by atoms with van der Waals surface area (Å²) in [5, 5.41) is 10.0. The number of nitrogens with zero attached hydrogens (tertiary/aromatic N) is 2. The first-order valence-corrected chi connectivity index (χ1v) is 13.2. The van der Waals surface area contributed by atoms with Crippen LogP contribution in [0.4, 0.5) is 5.69 Å². The Labute approximate surface area is 206 Å². The summed E-state index contributed by atoms with van der Waals surface area (Å²) in [6, 6.07) is 5.63. The van der Waals surface area contributed by atoms with Crippen LogP contribution in [0, 0.1) is 17.3 Å². The van der Waals surface area contributed by atoms with Gasteiger partial charge in [0.25, 0.3) is 0 Å². The lowest BCUT2D eigenvalue weighted by atomic mass is 9.80. The van der Waals surface area contributed by atoms with Gasteiger partial charge >= 0.3 is 5.97 Å². The Kier molecular flexibility index (Phi) is 7.31. The van der Waals surface area contributed by atoms with Crippen LogP contribution in [0.5, 0.6) is 5.75 Å². The van der Waals surface area contributed by atoms with E-state index in [4.69, 9.17) is 4.74 Å². The predicted octanol–water partition coefficient (Wildman–Crippen LogP) is 6.20. The first-order valence-electron chi connectivity index (χ1n) is 12.4. The normalized spacial score (nSPS) is 24.8. The van der Waals surface area contributed by atoms with Crippen molar-refractivity contribution in [3.63, 3.8) is 0 Å². The lowest BCUT2D eigenvalue weighted by Crippen LogP contribution is -2.54. The highest BCUT2D eigenvalue weighted by molar-refractivity contribution is 7.14. The van der Waals surface area contributed by atoms with Crippen LogP contribution in [0.1, 0.15) is 80.8 Å². The van der Waals surface area contributed by atoms with Crippen molar-refractivity contribution in [1.82, 2.24) is 4.98 Å². The van der Waals surface area contributed by atoms with Crippen LogP contribution in [-0.2, 0) is 11.2 Å². The number of aromatic carboxylic acids is 1. The second-order valence-corrected chi connectivity index (χ2v) is 12.3. The topological polar surface area (TPSA) is 79.7 Å². The second kappa shape index (κ2) is 10.1. The quantitative estimate of drug-likeness (QED) is 0.506. The van der Waals surface area contributed by atoms with Crippen LogP contribution in [-0.4, -0.2) is 34.1 Å². The van der Waals surface area contributed by atoms with Gasteiger partial charge in [0, 0.05) is 35.9 Å². The van der Waals surface area contributed by atoms with Gasteiger partial charge < -0.3 is 14.7 Å². The zero-order chi connectivity index (χ0) is 24.5. The Balaban J connectivity index is 1.59. The highest BCUT2D eigenvalue weighted by Gasteiger charge is 2.42. The summed E-state index contributed by atoms with van der Waals surface area (Å²) in [5.74, 6) is 0.450. The van der Waals surface area contributed by atoms with E-state index in [9.17, 15) is 14.7 Å². The number of carbonyl (C=O) groups is 2. The number of amides is 1. The van der Waals surface area contributed by atoms with E-state index >= 15 is 0 Å². The van der Waals surface area contributed by atoms with Gasteiger partial charge in [-0.05, 0) is 61.6 Å². The van der Waals surface area contributed by atoms with Crippen LogP contribution in [0.2, 0.25) is 0 Å². The molecular formula is C27H36N2O4S. The van der Waals surface area contributed by atoms with E-state index in [2.05, 4.69) is 32.7 Å². The highest BCUT2D eigenvalue weighted by Crippen LogP contribution is 2.41. The molecule has 0 atom stereocenters. The molecule has 0 aliphatic heterocycles. The lowest BCUT2D eigenvalue weighted by Gasteiger charge is -2.44. The summed E-state index contributed by atoms with van der Waals surface area (Å²) in [6.07, 6.45) is 9.40. The van der Waals surface area contributed by atoms with Crippen LogP contribution in [0.15, 0.2) is 30.6 Å². The maximum atomic E-state index is 13.9. The van der Waals surface area contributed by atoms with E-state index in [1.165, 1.54) is 11.3 Å². The zero-order valence-corrected chi connectivity index (χ0v) is 21.4. The maximum absolute atomic E-state index is 13.9. The number of pyridine rings is 1. The van der Waals surface area contributed by atoms with Gasteiger partial charge in [-0.2, -0.15) is 0 Å². The van der Waals surface area contributed by atoms with Crippen molar-refractivity contribution in [2.75, 3.05) is 4.90 Å². The number of hydrogen-bond acceptors (Lipinski definition) is 5. The molecule has 0 saturated heterocycles. The standard InChI is InChI=1S/C27H36N2O4S/c1-17-7-9-18(10-8-17)25(30)29(19-12-21(13-19)33-20-6-5-11-28-16-20)23-14-22(15-27(2,3)4)34-24(23)26(31)32/h5-6,11,14,16-19,21H,7-10,12-13,15H2,1-4H3,(H,31,32)/t17-,18-,19-,21+. The predicted molar refractivity (Wildman–Crippen MR) is 135 cm³/mol. The van der Waals surface area contributed by atoms with Crippen LogP contribution in [0.25, 0.3) is 0 Å². The Hall–Kier alpha value is -2.41. The molecule has 0 radical (unpaired) electrons. The van der Waals surface area contributed by atoms with Gasteiger partial charge in [0.05, 0.1) is 11.9 Å². The molecule has 0 spiro atoms. The molecule has 2 aromatic rings. The third kappa shape index (κ3) is 5.80. The number of ether oxygens (including phenoxy) is 1. The first-order chi connectivity index (χ1) is 16.1. The smallest absolute Gasteiger partial charge is 0.348 e. The third-order valence-electron chi connectivity index (χ3n) is 6.90. The van der Waals surface area contributed by atoms with Crippen molar-refractivity contribution < 1.29 is 19.4 Å². The van der Waals surface area contributed by atoms with Gasteiger partial charge in [0.15, 0.2) is 0 Å². The minimum absolute atomic E-state index is 0.00293. The molecule has 0 aromatic carbocycles. The molecule has 34 heavy (non-hydrogen) atoms. The number of hydrogen-bond donors (Lipinski definition) is 1. The summed E-state index contributed by atoms with van der Waals surface area (Å²) >= 11 is 1.31. The molecule has 4 rings (SSSR count). The monoisotopic (exact) mass is 484 g/mol. The molecule has 6 nitrogen and oxygen atoms in total. The molecule has 184 valence electrons. The Morgan fingerprint density at radius 3 is 2.50 bits per heavy atom. The molecule has 2 aliphatic carbocycles. The van der Waals surface area contributed by atoms with Crippen LogP contribution < -0.4 is 9.64 Å². The Bertz CT molecular complexity index is 999. The average Bonchev–Trinajstić information content (AvgIpc) is 3.15. The van der Waals surface area contributed by atoms with Gasteiger partial charge in [0.1, 0.15) is 16.7 Å². The molecule has 2 heterocycles. The van der Waals surface area contributed by atoms with E-state index < -0.39 is 5.97 Å². The van der Waals surface area contributed by atoms with E-state index in [1.54, 1.807) is 12.4 Å². The number of anilines is 1. The summed E-state index contributed by atoms with van der Waals surface area (Å²) < 4.78 is 6.04. The van der Waals surface area contributed by atoms with Crippen molar-refractivity contribution in [3.8, 4) is 5.75 Å². The second-order valence-electron chi connectivity index (χ2n) is 11.2.